The number of esters is 1. The lowest BCUT2D eigenvalue weighted by atomic mass is 9.97. The van der Waals surface area contributed by atoms with Crippen LogP contribution in [0.3, 0.4) is 0 Å². The van der Waals surface area contributed by atoms with Crippen LogP contribution in [0, 0.1) is 0 Å². The number of hydrogen-bond acceptors (Lipinski definition) is 6. The Hall–Kier alpha value is -1.04. The van der Waals surface area contributed by atoms with E-state index in [-0.39, 0.29) is 11.4 Å². The Morgan fingerprint density at radius 2 is 2.18 bits per heavy atom. The van der Waals surface area contributed by atoms with E-state index in [1.807, 2.05) is 20.8 Å². The minimum atomic E-state index is -0.211. The van der Waals surface area contributed by atoms with Crippen molar-refractivity contribution in [3.05, 3.63) is 11.7 Å². The van der Waals surface area contributed by atoms with Gasteiger partial charge in [0.1, 0.15) is 0 Å². The first-order chi connectivity index (χ1) is 7.93. The van der Waals surface area contributed by atoms with Crippen LogP contribution in [0.25, 0.3) is 0 Å². The van der Waals surface area contributed by atoms with Crippen molar-refractivity contribution in [2.24, 2.45) is 0 Å². The number of rotatable bonds is 5. The summed E-state index contributed by atoms with van der Waals surface area (Å²) in [7, 11) is 0. The van der Waals surface area contributed by atoms with Gasteiger partial charge in [0.05, 0.1) is 18.1 Å². The molecule has 0 radical (unpaired) electrons. The van der Waals surface area contributed by atoms with Crippen LogP contribution < -0.4 is 0 Å². The van der Waals surface area contributed by atoms with Crippen molar-refractivity contribution in [3.63, 3.8) is 0 Å². The van der Waals surface area contributed by atoms with E-state index in [2.05, 4.69) is 10.1 Å². The van der Waals surface area contributed by atoms with Crippen LogP contribution in [0.1, 0.15) is 39.4 Å². The number of carbonyl (C=O) groups excluding carboxylic acids is 1. The molecule has 0 spiro atoms. The van der Waals surface area contributed by atoms with Crippen LogP contribution in [0.4, 0.5) is 0 Å². The Bertz CT molecular complexity index is 371. The van der Waals surface area contributed by atoms with Gasteiger partial charge in [0.25, 0.3) is 0 Å². The van der Waals surface area contributed by atoms with Gasteiger partial charge in [-0.1, -0.05) is 25.9 Å². The van der Waals surface area contributed by atoms with E-state index >= 15 is 0 Å². The van der Waals surface area contributed by atoms with Gasteiger partial charge in [-0.15, -0.1) is 11.8 Å². The average molecular weight is 258 g/mol. The molecule has 0 aliphatic rings. The SMILES string of the molecule is CCOC(=O)CSCc1noc(C(C)(C)C)n1. The second-order valence-electron chi connectivity index (χ2n) is 4.56. The molecule has 0 N–H and O–H groups in total. The van der Waals surface area contributed by atoms with Gasteiger partial charge in [-0.2, -0.15) is 4.98 Å². The highest BCUT2D eigenvalue weighted by Crippen LogP contribution is 2.20. The predicted octanol–water partition coefficient (Wildman–Crippen LogP) is 2.16. The van der Waals surface area contributed by atoms with Crippen molar-refractivity contribution in [1.29, 1.82) is 0 Å². The van der Waals surface area contributed by atoms with Crippen LogP contribution in [-0.2, 0) is 20.7 Å². The fourth-order valence-corrected chi connectivity index (χ4v) is 1.70. The van der Waals surface area contributed by atoms with E-state index in [0.29, 0.717) is 29.8 Å². The van der Waals surface area contributed by atoms with Crippen LogP contribution >= 0.6 is 11.8 Å². The highest BCUT2D eigenvalue weighted by Gasteiger charge is 2.21. The Morgan fingerprint density at radius 1 is 1.47 bits per heavy atom. The molecule has 96 valence electrons. The summed E-state index contributed by atoms with van der Waals surface area (Å²) in [5.74, 6) is 1.89. The maximum absolute atomic E-state index is 11.1. The van der Waals surface area contributed by atoms with Gasteiger partial charge in [-0.3, -0.25) is 4.79 Å². The zero-order valence-corrected chi connectivity index (χ0v) is 11.5. The lowest BCUT2D eigenvalue weighted by Crippen LogP contribution is -2.11. The van der Waals surface area contributed by atoms with Crippen molar-refractivity contribution in [2.75, 3.05) is 12.4 Å². The number of nitrogens with zero attached hydrogens (tertiary/aromatic N) is 2. The Balaban J connectivity index is 2.38. The molecule has 0 bridgehead atoms. The van der Waals surface area contributed by atoms with Gasteiger partial charge < -0.3 is 9.26 Å². The van der Waals surface area contributed by atoms with Crippen molar-refractivity contribution in [3.8, 4) is 0 Å². The summed E-state index contributed by atoms with van der Waals surface area (Å²) in [5.41, 5.74) is -0.142. The second-order valence-corrected chi connectivity index (χ2v) is 5.55. The number of hydrogen-bond donors (Lipinski definition) is 0. The van der Waals surface area contributed by atoms with Gasteiger partial charge in [-0.25, -0.2) is 0 Å². The maximum Gasteiger partial charge on any atom is 0.315 e. The highest BCUT2D eigenvalue weighted by molar-refractivity contribution is 7.99. The molecule has 0 saturated carbocycles. The molecule has 1 aromatic heterocycles. The summed E-state index contributed by atoms with van der Waals surface area (Å²) in [4.78, 5) is 15.4. The zero-order valence-electron chi connectivity index (χ0n) is 10.6. The van der Waals surface area contributed by atoms with Crippen molar-refractivity contribution >= 4 is 17.7 Å². The van der Waals surface area contributed by atoms with E-state index in [0.717, 1.165) is 0 Å². The molecule has 0 aliphatic carbocycles. The lowest BCUT2D eigenvalue weighted by Gasteiger charge is -2.10. The summed E-state index contributed by atoms with van der Waals surface area (Å²) >= 11 is 1.42. The fraction of sp³-hybridized carbons (Fsp3) is 0.727. The first-order valence-corrected chi connectivity index (χ1v) is 6.65. The summed E-state index contributed by atoms with van der Waals surface area (Å²) in [5, 5.41) is 3.87. The fourth-order valence-electron chi connectivity index (χ4n) is 1.05. The molecular formula is C11H18N2O3S. The van der Waals surface area contributed by atoms with Crippen molar-refractivity contribution < 1.29 is 14.1 Å². The third-order valence-corrected chi connectivity index (χ3v) is 2.77. The van der Waals surface area contributed by atoms with Gasteiger partial charge in [0, 0.05) is 5.41 Å². The van der Waals surface area contributed by atoms with E-state index in [4.69, 9.17) is 9.26 Å². The minimum Gasteiger partial charge on any atom is -0.465 e. The second kappa shape index (κ2) is 6.05. The molecule has 1 heterocycles. The van der Waals surface area contributed by atoms with Crippen molar-refractivity contribution in [1.82, 2.24) is 10.1 Å². The third-order valence-electron chi connectivity index (χ3n) is 1.87. The molecule has 0 amide bonds. The van der Waals surface area contributed by atoms with E-state index in [1.165, 1.54) is 11.8 Å². The number of carbonyl (C=O) groups is 1. The molecule has 1 rings (SSSR count). The van der Waals surface area contributed by atoms with Gasteiger partial charge >= 0.3 is 5.97 Å². The topological polar surface area (TPSA) is 65.2 Å². The first-order valence-electron chi connectivity index (χ1n) is 5.50. The van der Waals surface area contributed by atoms with Crippen LogP contribution in [0.15, 0.2) is 4.52 Å². The Labute approximate surface area is 105 Å². The zero-order chi connectivity index (χ0) is 12.9. The summed E-state index contributed by atoms with van der Waals surface area (Å²) in [6, 6.07) is 0. The van der Waals surface area contributed by atoms with Gasteiger partial charge in [0.15, 0.2) is 5.82 Å². The Morgan fingerprint density at radius 3 is 2.71 bits per heavy atom. The monoisotopic (exact) mass is 258 g/mol. The summed E-state index contributed by atoms with van der Waals surface area (Å²) in [6.45, 7) is 8.23. The van der Waals surface area contributed by atoms with E-state index < -0.39 is 0 Å². The Kier molecular flexibility index (Phi) is 4.99. The molecule has 0 saturated heterocycles. The molecule has 1 aromatic rings. The summed E-state index contributed by atoms with van der Waals surface area (Å²) in [6.07, 6.45) is 0. The minimum absolute atomic E-state index is 0.142. The lowest BCUT2D eigenvalue weighted by molar-refractivity contribution is -0.139. The van der Waals surface area contributed by atoms with E-state index in [9.17, 15) is 4.79 Å². The molecule has 0 atom stereocenters. The molecule has 0 unspecified atom stereocenters. The third kappa shape index (κ3) is 4.77. The smallest absolute Gasteiger partial charge is 0.315 e. The van der Waals surface area contributed by atoms with E-state index in [1.54, 1.807) is 6.92 Å². The first kappa shape index (κ1) is 14.0. The molecule has 0 fully saturated rings. The molecule has 0 aromatic carbocycles. The number of thioether (sulfide) groups is 1. The van der Waals surface area contributed by atoms with Crippen molar-refractivity contribution in [2.45, 2.75) is 38.9 Å². The van der Waals surface area contributed by atoms with Crippen LogP contribution in [-0.4, -0.2) is 28.5 Å². The number of ether oxygens (including phenoxy) is 1. The molecule has 5 nitrogen and oxygen atoms in total. The standard InChI is InChI=1S/C11H18N2O3S/c1-5-15-9(14)7-17-6-8-12-10(16-13-8)11(2,3)4/h5-7H2,1-4H3. The molecule has 17 heavy (non-hydrogen) atoms. The van der Waals surface area contributed by atoms with Crippen LogP contribution in [0.5, 0.6) is 0 Å². The molecule has 6 heteroatoms. The quantitative estimate of drug-likeness (QED) is 0.754. The normalized spacial score (nSPS) is 11.5. The molecular weight excluding hydrogens is 240 g/mol. The average Bonchev–Trinajstić information content (AvgIpc) is 2.66. The van der Waals surface area contributed by atoms with Gasteiger partial charge in [-0.05, 0) is 6.92 Å². The van der Waals surface area contributed by atoms with Gasteiger partial charge in [0.2, 0.25) is 5.89 Å². The highest BCUT2D eigenvalue weighted by atomic mass is 32.2. The largest absolute Gasteiger partial charge is 0.465 e. The molecule has 0 aliphatic heterocycles. The number of aromatic nitrogens is 2. The maximum atomic E-state index is 11.1. The summed E-state index contributed by atoms with van der Waals surface area (Å²) < 4.78 is 9.96. The predicted molar refractivity (Wildman–Crippen MR) is 65.8 cm³/mol. The van der Waals surface area contributed by atoms with Crippen LogP contribution in [0.2, 0.25) is 0 Å².